The second-order valence-corrected chi connectivity index (χ2v) is 4.03. The highest BCUT2D eigenvalue weighted by Crippen LogP contribution is 2.44. The maximum absolute atomic E-state index is 11.4. The summed E-state index contributed by atoms with van der Waals surface area (Å²) in [7, 11) is 0. The molecular formula is C9H13N3O2. The summed E-state index contributed by atoms with van der Waals surface area (Å²) >= 11 is 0. The van der Waals surface area contributed by atoms with Crippen molar-refractivity contribution in [3.8, 4) is 0 Å². The second kappa shape index (κ2) is 2.71. The van der Waals surface area contributed by atoms with Gasteiger partial charge in [0, 0.05) is 31.0 Å². The van der Waals surface area contributed by atoms with Gasteiger partial charge >= 0.3 is 5.69 Å². The number of hydrogen-bond donors (Lipinski definition) is 2. The Morgan fingerprint density at radius 3 is 3.21 bits per heavy atom. The molecule has 5 nitrogen and oxygen atoms in total. The largest absolute Gasteiger partial charge is 0.376 e. The van der Waals surface area contributed by atoms with Gasteiger partial charge in [-0.3, -0.25) is 4.57 Å². The average Bonchev–Trinajstić information content (AvgIpc) is 2.75. The van der Waals surface area contributed by atoms with Crippen LogP contribution in [0.15, 0.2) is 17.2 Å². The lowest BCUT2D eigenvalue weighted by Gasteiger charge is -2.45. The highest BCUT2D eigenvalue weighted by molar-refractivity contribution is 5.08. The van der Waals surface area contributed by atoms with Crippen molar-refractivity contribution in [2.45, 2.75) is 24.6 Å². The Balaban J connectivity index is 1.94. The smallest absolute Gasteiger partial charge is 0.325 e. The Kier molecular flexibility index (Phi) is 1.60. The number of nitrogens with one attached hydrogen (secondary N) is 1. The number of nitrogens with zero attached hydrogens (tertiary/aromatic N) is 1. The molecule has 0 radical (unpaired) electrons. The van der Waals surface area contributed by atoms with E-state index in [0.717, 1.165) is 13.0 Å². The van der Waals surface area contributed by atoms with Crippen LogP contribution in [0, 0.1) is 5.92 Å². The molecule has 14 heavy (non-hydrogen) atoms. The maximum Gasteiger partial charge on any atom is 0.325 e. The van der Waals surface area contributed by atoms with E-state index in [2.05, 4.69) is 4.98 Å². The summed E-state index contributed by atoms with van der Waals surface area (Å²) in [4.78, 5) is 14.0. The van der Waals surface area contributed by atoms with Crippen LogP contribution in [0.3, 0.4) is 0 Å². The fourth-order valence-electron chi connectivity index (χ4n) is 2.63. The van der Waals surface area contributed by atoms with Crippen LogP contribution >= 0.6 is 0 Å². The molecule has 1 aromatic heterocycles. The van der Waals surface area contributed by atoms with E-state index in [1.165, 1.54) is 0 Å². The summed E-state index contributed by atoms with van der Waals surface area (Å²) < 4.78 is 7.21. The fourth-order valence-corrected chi connectivity index (χ4v) is 2.63. The number of ether oxygens (including phenoxy) is 1. The molecule has 76 valence electrons. The molecule has 5 heteroatoms. The van der Waals surface area contributed by atoms with E-state index in [-0.39, 0.29) is 23.9 Å². The second-order valence-electron chi connectivity index (χ2n) is 4.03. The first-order valence-corrected chi connectivity index (χ1v) is 4.92. The summed E-state index contributed by atoms with van der Waals surface area (Å²) in [5.41, 5.74) is 5.92. The number of rotatable bonds is 1. The van der Waals surface area contributed by atoms with Gasteiger partial charge in [-0.25, -0.2) is 4.79 Å². The molecule has 1 saturated carbocycles. The number of hydrogen-bond acceptors (Lipinski definition) is 3. The Morgan fingerprint density at radius 2 is 2.50 bits per heavy atom. The summed E-state index contributed by atoms with van der Waals surface area (Å²) in [6.07, 6.45) is 4.56. The Bertz CT molecular complexity index is 397. The molecular weight excluding hydrogens is 182 g/mol. The molecule has 3 rings (SSSR count). The number of imidazole rings is 1. The van der Waals surface area contributed by atoms with Crippen molar-refractivity contribution < 1.29 is 4.74 Å². The Morgan fingerprint density at radius 1 is 1.64 bits per heavy atom. The molecule has 1 saturated heterocycles. The Labute approximate surface area is 80.9 Å². The molecule has 2 fully saturated rings. The molecule has 0 bridgehead atoms. The van der Waals surface area contributed by atoms with Gasteiger partial charge in [-0.2, -0.15) is 0 Å². The topological polar surface area (TPSA) is 73.0 Å². The van der Waals surface area contributed by atoms with E-state index in [1.54, 1.807) is 17.0 Å². The van der Waals surface area contributed by atoms with E-state index in [9.17, 15) is 4.79 Å². The predicted octanol–water partition coefficient (Wildman–Crippen LogP) is -0.537. The van der Waals surface area contributed by atoms with E-state index in [1.807, 2.05) is 0 Å². The van der Waals surface area contributed by atoms with Gasteiger partial charge in [0.05, 0.1) is 12.1 Å². The first-order chi connectivity index (χ1) is 6.79. The third kappa shape index (κ3) is 0.883. The molecule has 4 unspecified atom stereocenters. The van der Waals surface area contributed by atoms with Crippen molar-refractivity contribution >= 4 is 0 Å². The molecule has 2 heterocycles. The summed E-state index contributed by atoms with van der Waals surface area (Å²) in [5.74, 6) is 0.446. The fraction of sp³-hybridized carbons (Fsp3) is 0.667. The van der Waals surface area contributed by atoms with Crippen LogP contribution in [-0.2, 0) is 4.74 Å². The van der Waals surface area contributed by atoms with Crippen LogP contribution in [0.5, 0.6) is 0 Å². The van der Waals surface area contributed by atoms with Gasteiger partial charge < -0.3 is 15.5 Å². The van der Waals surface area contributed by atoms with E-state index in [4.69, 9.17) is 10.5 Å². The monoisotopic (exact) mass is 195 g/mol. The summed E-state index contributed by atoms with van der Waals surface area (Å²) in [6.45, 7) is 0.776. The van der Waals surface area contributed by atoms with Gasteiger partial charge in [-0.15, -0.1) is 0 Å². The number of aromatic nitrogens is 2. The highest BCUT2D eigenvalue weighted by atomic mass is 16.5. The van der Waals surface area contributed by atoms with E-state index in [0.29, 0.717) is 5.92 Å². The normalized spacial score (nSPS) is 40.6. The zero-order chi connectivity index (χ0) is 9.71. The first kappa shape index (κ1) is 8.26. The average molecular weight is 195 g/mol. The van der Waals surface area contributed by atoms with Crippen LogP contribution in [0.25, 0.3) is 0 Å². The van der Waals surface area contributed by atoms with Gasteiger partial charge in [0.1, 0.15) is 0 Å². The summed E-state index contributed by atoms with van der Waals surface area (Å²) in [5, 5.41) is 0. The zero-order valence-electron chi connectivity index (χ0n) is 7.72. The lowest BCUT2D eigenvalue weighted by Crippen LogP contribution is -2.60. The third-order valence-electron chi connectivity index (χ3n) is 3.41. The van der Waals surface area contributed by atoms with Gasteiger partial charge in [0.15, 0.2) is 0 Å². The molecule has 2 aliphatic rings. The molecule has 3 N–H and O–H groups in total. The predicted molar refractivity (Wildman–Crippen MR) is 49.9 cm³/mol. The SMILES string of the molecule is NC1C2CCOC2C1n1cc[nH]c1=O. The quantitative estimate of drug-likeness (QED) is 0.632. The van der Waals surface area contributed by atoms with Gasteiger partial charge in [-0.05, 0) is 6.42 Å². The van der Waals surface area contributed by atoms with Gasteiger partial charge in [0.2, 0.25) is 0 Å². The maximum atomic E-state index is 11.4. The molecule has 0 amide bonds. The number of H-pyrrole nitrogens is 1. The van der Waals surface area contributed by atoms with Crippen molar-refractivity contribution in [1.82, 2.24) is 9.55 Å². The number of nitrogens with two attached hydrogens (primary N) is 1. The minimum atomic E-state index is -0.0978. The molecule has 0 aromatic carbocycles. The summed E-state index contributed by atoms with van der Waals surface area (Å²) in [6, 6.07) is 0.0947. The number of aromatic amines is 1. The first-order valence-electron chi connectivity index (χ1n) is 4.92. The van der Waals surface area contributed by atoms with Gasteiger partial charge in [0.25, 0.3) is 0 Å². The number of fused-ring (bicyclic) bond motifs is 1. The van der Waals surface area contributed by atoms with E-state index < -0.39 is 0 Å². The lowest BCUT2D eigenvalue weighted by atomic mass is 9.72. The van der Waals surface area contributed by atoms with Crippen molar-refractivity contribution in [3.63, 3.8) is 0 Å². The van der Waals surface area contributed by atoms with Crippen LogP contribution in [0.1, 0.15) is 12.5 Å². The molecule has 1 aromatic rings. The molecule has 0 spiro atoms. The Hall–Kier alpha value is -1.07. The lowest BCUT2D eigenvalue weighted by molar-refractivity contribution is -0.0365. The molecule has 1 aliphatic carbocycles. The zero-order valence-corrected chi connectivity index (χ0v) is 7.72. The minimum absolute atomic E-state index is 0.0289. The minimum Gasteiger partial charge on any atom is -0.376 e. The molecule has 4 atom stereocenters. The van der Waals surface area contributed by atoms with Gasteiger partial charge in [-0.1, -0.05) is 0 Å². The van der Waals surface area contributed by atoms with Crippen molar-refractivity contribution in [3.05, 3.63) is 22.9 Å². The van der Waals surface area contributed by atoms with Crippen molar-refractivity contribution in [2.24, 2.45) is 11.7 Å². The van der Waals surface area contributed by atoms with Crippen LogP contribution in [-0.4, -0.2) is 28.3 Å². The molecule has 1 aliphatic heterocycles. The highest BCUT2D eigenvalue weighted by Gasteiger charge is 2.53. The van der Waals surface area contributed by atoms with Crippen molar-refractivity contribution in [2.75, 3.05) is 6.61 Å². The van der Waals surface area contributed by atoms with Crippen LogP contribution < -0.4 is 11.4 Å². The standard InChI is InChI=1S/C9H13N3O2/c10-6-5-1-4-14-8(5)7(6)12-3-2-11-9(12)13/h2-3,5-8H,1,4,10H2,(H,11,13). The van der Waals surface area contributed by atoms with E-state index >= 15 is 0 Å². The van der Waals surface area contributed by atoms with Crippen LogP contribution in [0.2, 0.25) is 0 Å². The van der Waals surface area contributed by atoms with Crippen molar-refractivity contribution in [1.29, 1.82) is 0 Å². The van der Waals surface area contributed by atoms with Crippen LogP contribution in [0.4, 0.5) is 0 Å². The third-order valence-corrected chi connectivity index (χ3v) is 3.41.